The van der Waals surface area contributed by atoms with Gasteiger partial charge in [0.2, 0.25) is 0 Å². The molecule has 2 heterocycles. The largest absolute Gasteiger partial charge is 0.486 e. The van der Waals surface area contributed by atoms with Crippen LogP contribution in [0.3, 0.4) is 0 Å². The minimum atomic E-state index is -0.261. The zero-order valence-electron chi connectivity index (χ0n) is 11.1. The Labute approximate surface area is 121 Å². The number of hydrogen-bond acceptors (Lipinski definition) is 6. The van der Waals surface area contributed by atoms with Gasteiger partial charge in [-0.25, -0.2) is 10.8 Å². The second-order valence-corrected chi connectivity index (χ2v) is 4.39. The summed E-state index contributed by atoms with van der Waals surface area (Å²) in [5.41, 5.74) is 3.47. The highest BCUT2D eigenvalue weighted by atomic mass is 16.6. The molecule has 1 aromatic carbocycles. The first-order valence-corrected chi connectivity index (χ1v) is 6.40. The zero-order valence-corrected chi connectivity index (χ0v) is 11.1. The Hall–Kier alpha value is -2.80. The molecule has 1 aliphatic heterocycles. The first kappa shape index (κ1) is 13.2. The van der Waals surface area contributed by atoms with Crippen molar-refractivity contribution in [2.24, 2.45) is 5.84 Å². The molecule has 21 heavy (non-hydrogen) atoms. The van der Waals surface area contributed by atoms with Crippen molar-refractivity contribution >= 4 is 17.4 Å². The Morgan fingerprint density at radius 2 is 1.95 bits per heavy atom. The molecule has 1 aromatic heterocycles. The maximum absolute atomic E-state index is 12.1. The summed E-state index contributed by atoms with van der Waals surface area (Å²) in [5.74, 6) is 6.76. The third-order valence-electron chi connectivity index (χ3n) is 2.97. The summed E-state index contributed by atoms with van der Waals surface area (Å²) in [6.07, 6.45) is 1.45. The van der Waals surface area contributed by atoms with E-state index in [2.05, 4.69) is 15.7 Å². The molecular weight excluding hydrogens is 272 g/mol. The SMILES string of the molecule is NNc1ccc(C(=O)Nc2ccc3c(c2)OCCO3)cn1. The molecule has 1 amide bonds. The number of carbonyl (C=O) groups is 1. The summed E-state index contributed by atoms with van der Waals surface area (Å²) in [5, 5.41) is 2.78. The molecule has 0 spiro atoms. The summed E-state index contributed by atoms with van der Waals surface area (Å²) >= 11 is 0. The minimum Gasteiger partial charge on any atom is -0.486 e. The number of hydrogen-bond donors (Lipinski definition) is 3. The number of fused-ring (bicyclic) bond motifs is 1. The van der Waals surface area contributed by atoms with Crippen molar-refractivity contribution in [3.05, 3.63) is 42.1 Å². The van der Waals surface area contributed by atoms with E-state index in [1.165, 1.54) is 6.20 Å². The number of nitrogens with two attached hydrogens (primary N) is 1. The Kier molecular flexibility index (Phi) is 3.57. The predicted octanol–water partition coefficient (Wildman–Crippen LogP) is 1.39. The van der Waals surface area contributed by atoms with Gasteiger partial charge in [-0.1, -0.05) is 0 Å². The van der Waals surface area contributed by atoms with Crippen molar-refractivity contribution in [3.8, 4) is 11.5 Å². The van der Waals surface area contributed by atoms with Gasteiger partial charge in [0.25, 0.3) is 5.91 Å². The molecule has 0 saturated heterocycles. The smallest absolute Gasteiger partial charge is 0.257 e. The first-order valence-electron chi connectivity index (χ1n) is 6.40. The molecule has 0 saturated carbocycles. The van der Waals surface area contributed by atoms with Crippen LogP contribution in [-0.2, 0) is 0 Å². The van der Waals surface area contributed by atoms with E-state index in [4.69, 9.17) is 15.3 Å². The Bertz CT molecular complexity index is 658. The molecule has 0 aliphatic carbocycles. The Morgan fingerprint density at radius 3 is 2.67 bits per heavy atom. The lowest BCUT2D eigenvalue weighted by molar-refractivity contribution is 0.102. The number of nitrogen functional groups attached to an aromatic ring is 1. The molecule has 7 heteroatoms. The molecule has 0 unspecified atom stereocenters. The van der Waals surface area contributed by atoms with Crippen LogP contribution in [0.15, 0.2) is 36.5 Å². The third-order valence-corrected chi connectivity index (χ3v) is 2.97. The van der Waals surface area contributed by atoms with Gasteiger partial charge in [-0.2, -0.15) is 0 Å². The quantitative estimate of drug-likeness (QED) is 0.582. The van der Waals surface area contributed by atoms with Gasteiger partial charge in [-0.3, -0.25) is 4.79 Å². The summed E-state index contributed by atoms with van der Waals surface area (Å²) in [4.78, 5) is 16.1. The van der Waals surface area contributed by atoms with Crippen LogP contribution >= 0.6 is 0 Å². The fourth-order valence-corrected chi connectivity index (χ4v) is 1.94. The predicted molar refractivity (Wildman–Crippen MR) is 77.4 cm³/mol. The highest BCUT2D eigenvalue weighted by molar-refractivity contribution is 6.04. The number of ether oxygens (including phenoxy) is 2. The highest BCUT2D eigenvalue weighted by Gasteiger charge is 2.13. The normalized spacial score (nSPS) is 12.6. The molecule has 2 aromatic rings. The van der Waals surface area contributed by atoms with E-state index in [9.17, 15) is 4.79 Å². The number of nitrogens with one attached hydrogen (secondary N) is 2. The van der Waals surface area contributed by atoms with Crippen molar-refractivity contribution in [3.63, 3.8) is 0 Å². The number of hydrazine groups is 1. The molecule has 0 radical (unpaired) electrons. The molecule has 108 valence electrons. The number of nitrogens with zero attached hydrogens (tertiary/aromatic N) is 1. The van der Waals surface area contributed by atoms with Crippen LogP contribution in [0.5, 0.6) is 11.5 Å². The highest BCUT2D eigenvalue weighted by Crippen LogP contribution is 2.32. The van der Waals surface area contributed by atoms with Crippen molar-refractivity contribution in [2.45, 2.75) is 0 Å². The van der Waals surface area contributed by atoms with E-state index in [-0.39, 0.29) is 5.91 Å². The summed E-state index contributed by atoms with van der Waals surface area (Å²) in [6, 6.07) is 8.52. The maximum atomic E-state index is 12.1. The van der Waals surface area contributed by atoms with Crippen molar-refractivity contribution in [1.29, 1.82) is 0 Å². The van der Waals surface area contributed by atoms with E-state index in [0.717, 1.165) is 0 Å². The molecule has 0 bridgehead atoms. The van der Waals surface area contributed by atoms with Crippen LogP contribution in [0.25, 0.3) is 0 Å². The second-order valence-electron chi connectivity index (χ2n) is 4.39. The minimum absolute atomic E-state index is 0.261. The standard InChI is InChI=1S/C14H14N4O3/c15-18-13-4-1-9(8-16-13)14(19)17-10-2-3-11-12(7-10)21-6-5-20-11/h1-4,7-8H,5-6,15H2,(H,16,18)(H,17,19). The van der Waals surface area contributed by atoms with Crippen LogP contribution in [-0.4, -0.2) is 24.1 Å². The average molecular weight is 286 g/mol. The zero-order chi connectivity index (χ0) is 14.7. The second kappa shape index (κ2) is 5.68. The lowest BCUT2D eigenvalue weighted by Gasteiger charge is -2.19. The number of amides is 1. The summed E-state index contributed by atoms with van der Waals surface area (Å²) in [7, 11) is 0. The number of pyridine rings is 1. The molecule has 0 fully saturated rings. The third kappa shape index (κ3) is 2.87. The van der Waals surface area contributed by atoms with Gasteiger partial charge in [-0.15, -0.1) is 0 Å². The van der Waals surface area contributed by atoms with Crippen LogP contribution in [0.1, 0.15) is 10.4 Å². The van der Waals surface area contributed by atoms with Gasteiger partial charge in [0.05, 0.1) is 5.56 Å². The van der Waals surface area contributed by atoms with Crippen molar-refractivity contribution in [1.82, 2.24) is 4.98 Å². The van der Waals surface area contributed by atoms with Crippen molar-refractivity contribution < 1.29 is 14.3 Å². The fourth-order valence-electron chi connectivity index (χ4n) is 1.94. The van der Waals surface area contributed by atoms with Gasteiger partial charge < -0.3 is 20.2 Å². The van der Waals surface area contributed by atoms with E-state index >= 15 is 0 Å². The maximum Gasteiger partial charge on any atom is 0.257 e. The molecule has 4 N–H and O–H groups in total. The van der Waals surface area contributed by atoms with Gasteiger partial charge in [-0.05, 0) is 24.3 Å². The van der Waals surface area contributed by atoms with Crippen LogP contribution < -0.4 is 26.1 Å². The average Bonchev–Trinajstić information content (AvgIpc) is 2.55. The first-order chi connectivity index (χ1) is 10.3. The number of anilines is 2. The topological polar surface area (TPSA) is 98.5 Å². The van der Waals surface area contributed by atoms with Gasteiger partial charge in [0, 0.05) is 18.0 Å². The number of rotatable bonds is 3. The van der Waals surface area contributed by atoms with Gasteiger partial charge >= 0.3 is 0 Å². The van der Waals surface area contributed by atoms with Crippen LogP contribution in [0.2, 0.25) is 0 Å². The van der Waals surface area contributed by atoms with E-state index < -0.39 is 0 Å². The van der Waals surface area contributed by atoms with Crippen LogP contribution in [0.4, 0.5) is 11.5 Å². The lowest BCUT2D eigenvalue weighted by Crippen LogP contribution is -2.16. The van der Waals surface area contributed by atoms with Gasteiger partial charge in [0.15, 0.2) is 11.5 Å². The monoisotopic (exact) mass is 286 g/mol. The number of aromatic nitrogens is 1. The van der Waals surface area contributed by atoms with Crippen molar-refractivity contribution in [2.75, 3.05) is 24.0 Å². The molecule has 7 nitrogen and oxygen atoms in total. The van der Waals surface area contributed by atoms with E-state index in [1.54, 1.807) is 30.3 Å². The Morgan fingerprint density at radius 1 is 1.14 bits per heavy atom. The lowest BCUT2D eigenvalue weighted by atomic mass is 10.2. The molecule has 3 rings (SSSR count). The van der Waals surface area contributed by atoms with Crippen LogP contribution in [0, 0.1) is 0 Å². The number of carbonyl (C=O) groups excluding carboxylic acids is 1. The molecular formula is C14H14N4O3. The molecule has 0 atom stereocenters. The Balaban J connectivity index is 1.74. The fraction of sp³-hybridized carbons (Fsp3) is 0.143. The summed E-state index contributed by atoms with van der Waals surface area (Å²) < 4.78 is 10.9. The van der Waals surface area contributed by atoms with Gasteiger partial charge in [0.1, 0.15) is 19.0 Å². The summed E-state index contributed by atoms with van der Waals surface area (Å²) in [6.45, 7) is 1.04. The molecule has 1 aliphatic rings. The van der Waals surface area contributed by atoms with E-state index in [1.807, 2.05) is 0 Å². The number of benzene rings is 1. The van der Waals surface area contributed by atoms with E-state index in [0.29, 0.717) is 41.8 Å².